The first-order valence-corrected chi connectivity index (χ1v) is 8.48. The van der Waals surface area contributed by atoms with Crippen molar-refractivity contribution in [2.24, 2.45) is 0 Å². The minimum absolute atomic E-state index is 0.543. The van der Waals surface area contributed by atoms with Gasteiger partial charge in [0.1, 0.15) is 17.4 Å². The number of hydrogen-bond donors (Lipinski definition) is 1. The van der Waals surface area contributed by atoms with Crippen molar-refractivity contribution in [2.45, 2.75) is 51.8 Å². The smallest absolute Gasteiger partial charge is 0.131 e. The monoisotopic (exact) mass is 302 g/mol. The fourth-order valence-electron chi connectivity index (χ4n) is 2.12. The third-order valence-corrected chi connectivity index (χ3v) is 4.55. The molecule has 1 fully saturated rings. The van der Waals surface area contributed by atoms with Crippen LogP contribution in [0.15, 0.2) is 29.6 Å². The van der Waals surface area contributed by atoms with Crippen LogP contribution in [0.5, 0.6) is 5.75 Å². The summed E-state index contributed by atoms with van der Waals surface area (Å²) in [6.45, 7) is 5.82. The van der Waals surface area contributed by atoms with Gasteiger partial charge in [-0.1, -0.05) is 26.0 Å². The Hall–Kier alpha value is -1.39. The van der Waals surface area contributed by atoms with Crippen LogP contribution in [0, 0.1) is 0 Å². The highest BCUT2D eigenvalue weighted by atomic mass is 32.1. The van der Waals surface area contributed by atoms with E-state index in [0.717, 1.165) is 29.0 Å². The molecule has 1 heterocycles. The molecule has 0 radical (unpaired) electrons. The van der Waals surface area contributed by atoms with Gasteiger partial charge in [0.2, 0.25) is 0 Å². The summed E-state index contributed by atoms with van der Waals surface area (Å²) < 4.78 is 5.80. The maximum Gasteiger partial charge on any atom is 0.131 e. The van der Waals surface area contributed by atoms with Gasteiger partial charge in [0, 0.05) is 18.0 Å². The molecule has 0 aliphatic heterocycles. The number of ether oxygens (including phenoxy) is 1. The summed E-state index contributed by atoms with van der Waals surface area (Å²) in [6.07, 6.45) is 2.63. The lowest BCUT2D eigenvalue weighted by molar-refractivity contribution is 0.301. The van der Waals surface area contributed by atoms with E-state index < -0.39 is 0 Å². The lowest BCUT2D eigenvalue weighted by atomic mass is 10.0. The number of nitrogens with one attached hydrogen (secondary N) is 1. The first-order valence-electron chi connectivity index (χ1n) is 7.60. The zero-order valence-electron chi connectivity index (χ0n) is 12.6. The molecule has 1 aromatic carbocycles. The van der Waals surface area contributed by atoms with Crippen LogP contribution in [-0.2, 0) is 13.2 Å². The SMILES string of the molecule is CC(C)c1ccc(OCc2csc(CNC3CC3)n2)cc1. The van der Waals surface area contributed by atoms with Crippen LogP contribution >= 0.6 is 11.3 Å². The van der Waals surface area contributed by atoms with Gasteiger partial charge in [-0.2, -0.15) is 0 Å². The zero-order valence-corrected chi connectivity index (χ0v) is 13.5. The average Bonchev–Trinajstić information content (AvgIpc) is 3.21. The van der Waals surface area contributed by atoms with E-state index in [9.17, 15) is 0 Å². The number of nitrogens with zero attached hydrogens (tertiary/aromatic N) is 1. The van der Waals surface area contributed by atoms with Crippen LogP contribution in [-0.4, -0.2) is 11.0 Å². The average molecular weight is 302 g/mol. The second kappa shape index (κ2) is 6.58. The zero-order chi connectivity index (χ0) is 14.7. The number of thiazole rings is 1. The van der Waals surface area contributed by atoms with E-state index in [1.54, 1.807) is 11.3 Å². The van der Waals surface area contributed by atoms with E-state index in [1.165, 1.54) is 18.4 Å². The molecular formula is C17H22N2OS. The molecule has 21 heavy (non-hydrogen) atoms. The van der Waals surface area contributed by atoms with Crippen molar-refractivity contribution in [3.05, 3.63) is 45.9 Å². The van der Waals surface area contributed by atoms with Crippen molar-refractivity contribution < 1.29 is 4.74 Å². The molecule has 0 amide bonds. The van der Waals surface area contributed by atoms with Gasteiger partial charge in [0.25, 0.3) is 0 Å². The lowest BCUT2D eigenvalue weighted by Crippen LogP contribution is -2.15. The molecule has 3 nitrogen and oxygen atoms in total. The Balaban J connectivity index is 1.49. The molecule has 1 aromatic heterocycles. The summed E-state index contributed by atoms with van der Waals surface area (Å²) in [6, 6.07) is 9.07. The summed E-state index contributed by atoms with van der Waals surface area (Å²) in [4.78, 5) is 4.60. The van der Waals surface area contributed by atoms with Crippen LogP contribution in [0.3, 0.4) is 0 Å². The Morgan fingerprint density at radius 3 is 2.71 bits per heavy atom. The molecule has 0 atom stereocenters. The maximum atomic E-state index is 5.80. The number of rotatable bonds is 7. The molecule has 0 saturated heterocycles. The van der Waals surface area contributed by atoms with Gasteiger partial charge < -0.3 is 10.1 Å². The topological polar surface area (TPSA) is 34.1 Å². The first kappa shape index (κ1) is 14.5. The summed E-state index contributed by atoms with van der Waals surface area (Å²) in [5, 5.41) is 6.72. The molecule has 1 aliphatic carbocycles. The van der Waals surface area contributed by atoms with E-state index in [2.05, 4.69) is 41.7 Å². The van der Waals surface area contributed by atoms with Crippen molar-refractivity contribution in [3.63, 3.8) is 0 Å². The summed E-state index contributed by atoms with van der Waals surface area (Å²) in [7, 11) is 0. The van der Waals surface area contributed by atoms with Crippen LogP contribution in [0.4, 0.5) is 0 Å². The van der Waals surface area contributed by atoms with Gasteiger partial charge in [-0.25, -0.2) is 4.98 Å². The number of hydrogen-bond acceptors (Lipinski definition) is 4. The summed E-state index contributed by atoms with van der Waals surface area (Å²) in [5.74, 6) is 1.46. The van der Waals surface area contributed by atoms with Crippen molar-refractivity contribution in [3.8, 4) is 5.75 Å². The van der Waals surface area contributed by atoms with E-state index >= 15 is 0 Å². The van der Waals surface area contributed by atoms with Gasteiger partial charge in [0.15, 0.2) is 0 Å². The van der Waals surface area contributed by atoms with Gasteiger partial charge in [-0.05, 0) is 36.5 Å². The normalized spacial score (nSPS) is 14.6. The van der Waals surface area contributed by atoms with Gasteiger partial charge >= 0.3 is 0 Å². The minimum atomic E-state index is 0.543. The summed E-state index contributed by atoms with van der Waals surface area (Å²) in [5.41, 5.74) is 2.35. The van der Waals surface area contributed by atoms with Crippen LogP contribution in [0.2, 0.25) is 0 Å². The quantitative estimate of drug-likeness (QED) is 0.836. The Kier molecular flexibility index (Phi) is 4.56. The number of benzene rings is 1. The minimum Gasteiger partial charge on any atom is -0.487 e. The Bertz CT molecular complexity index is 573. The fraction of sp³-hybridized carbons (Fsp3) is 0.471. The first-order chi connectivity index (χ1) is 10.2. The third kappa shape index (κ3) is 4.29. The Morgan fingerprint density at radius 1 is 1.29 bits per heavy atom. The molecule has 2 aromatic rings. The standard InChI is InChI=1S/C17H22N2OS/c1-12(2)13-3-7-16(8-4-13)20-10-15-11-21-17(19-15)9-18-14-5-6-14/h3-4,7-8,11-12,14,18H,5-6,9-10H2,1-2H3. The maximum absolute atomic E-state index is 5.80. The molecule has 0 unspecified atom stereocenters. The predicted molar refractivity (Wildman–Crippen MR) is 86.8 cm³/mol. The second-order valence-corrected chi connectivity index (χ2v) is 6.84. The van der Waals surface area contributed by atoms with Crippen molar-refractivity contribution >= 4 is 11.3 Å². The van der Waals surface area contributed by atoms with E-state index in [1.807, 2.05) is 12.1 Å². The number of aromatic nitrogens is 1. The van der Waals surface area contributed by atoms with Crippen molar-refractivity contribution in [1.29, 1.82) is 0 Å². The van der Waals surface area contributed by atoms with Crippen LogP contribution < -0.4 is 10.1 Å². The molecule has 1 saturated carbocycles. The lowest BCUT2D eigenvalue weighted by Gasteiger charge is -2.07. The summed E-state index contributed by atoms with van der Waals surface area (Å²) >= 11 is 1.71. The predicted octanol–water partition coefficient (Wildman–Crippen LogP) is 4.10. The molecular weight excluding hydrogens is 280 g/mol. The highest BCUT2D eigenvalue weighted by Crippen LogP contribution is 2.21. The highest BCUT2D eigenvalue weighted by Gasteiger charge is 2.20. The van der Waals surface area contributed by atoms with E-state index in [-0.39, 0.29) is 0 Å². The molecule has 1 N–H and O–H groups in total. The third-order valence-electron chi connectivity index (χ3n) is 3.65. The largest absolute Gasteiger partial charge is 0.487 e. The van der Waals surface area contributed by atoms with E-state index in [4.69, 9.17) is 4.74 Å². The van der Waals surface area contributed by atoms with Crippen molar-refractivity contribution in [1.82, 2.24) is 10.3 Å². The fourth-order valence-corrected chi connectivity index (χ4v) is 2.85. The molecule has 4 heteroatoms. The molecule has 1 aliphatic rings. The molecule has 3 rings (SSSR count). The highest BCUT2D eigenvalue weighted by molar-refractivity contribution is 7.09. The molecule has 0 bridgehead atoms. The van der Waals surface area contributed by atoms with E-state index in [0.29, 0.717) is 12.5 Å². The second-order valence-electron chi connectivity index (χ2n) is 5.90. The Labute approximate surface area is 130 Å². The molecule has 0 spiro atoms. The van der Waals surface area contributed by atoms with Gasteiger partial charge in [-0.15, -0.1) is 11.3 Å². The van der Waals surface area contributed by atoms with Gasteiger partial charge in [0.05, 0.1) is 5.69 Å². The molecule has 112 valence electrons. The van der Waals surface area contributed by atoms with Gasteiger partial charge in [-0.3, -0.25) is 0 Å². The van der Waals surface area contributed by atoms with Crippen molar-refractivity contribution in [2.75, 3.05) is 0 Å². The Morgan fingerprint density at radius 2 is 2.05 bits per heavy atom. The van der Waals surface area contributed by atoms with Crippen LogP contribution in [0.1, 0.15) is 48.9 Å². The van der Waals surface area contributed by atoms with Crippen LogP contribution in [0.25, 0.3) is 0 Å².